The Balaban J connectivity index is 2.15. The maximum atomic E-state index is 10.7. The molecule has 0 aliphatic heterocycles. The smallest absolute Gasteiger partial charge is 0.273 e. The lowest BCUT2D eigenvalue weighted by molar-refractivity contribution is -0.384. The van der Waals surface area contributed by atoms with Crippen molar-refractivity contribution in [1.82, 2.24) is 0 Å². The summed E-state index contributed by atoms with van der Waals surface area (Å²) in [6.07, 6.45) is 0. The monoisotopic (exact) mass is 274 g/mol. The number of nitro groups is 1. The van der Waals surface area contributed by atoms with E-state index in [1.165, 1.54) is 19.2 Å². The van der Waals surface area contributed by atoms with Crippen LogP contribution >= 0.6 is 0 Å². The van der Waals surface area contributed by atoms with Gasteiger partial charge in [-0.2, -0.15) is 0 Å². The van der Waals surface area contributed by atoms with Gasteiger partial charge in [-0.3, -0.25) is 10.1 Å². The molecule has 6 nitrogen and oxygen atoms in total. The Morgan fingerprint density at radius 3 is 2.75 bits per heavy atom. The van der Waals surface area contributed by atoms with Crippen LogP contribution in [0.4, 0.5) is 11.4 Å². The number of nitrogens with zero attached hydrogens (tertiary/aromatic N) is 1. The number of ether oxygens (including phenoxy) is 1. The SMILES string of the molecule is COc1cc([N+](=O)[O-])ccc1NCc1cccc(O)c1. The van der Waals surface area contributed by atoms with Crippen molar-refractivity contribution in [3.8, 4) is 11.5 Å². The Labute approximate surface area is 115 Å². The summed E-state index contributed by atoms with van der Waals surface area (Å²) < 4.78 is 5.13. The molecule has 2 rings (SSSR count). The van der Waals surface area contributed by atoms with Gasteiger partial charge in [0.05, 0.1) is 23.8 Å². The average molecular weight is 274 g/mol. The van der Waals surface area contributed by atoms with Gasteiger partial charge in [0.25, 0.3) is 5.69 Å². The van der Waals surface area contributed by atoms with Gasteiger partial charge in [0, 0.05) is 12.6 Å². The molecule has 0 heterocycles. The van der Waals surface area contributed by atoms with Gasteiger partial charge in [-0.15, -0.1) is 0 Å². The Bertz CT molecular complexity index is 628. The molecule has 0 atom stereocenters. The summed E-state index contributed by atoms with van der Waals surface area (Å²) in [7, 11) is 1.46. The highest BCUT2D eigenvalue weighted by Crippen LogP contribution is 2.29. The van der Waals surface area contributed by atoms with Crippen molar-refractivity contribution in [3.63, 3.8) is 0 Å². The van der Waals surface area contributed by atoms with Crippen LogP contribution in [0, 0.1) is 10.1 Å². The summed E-state index contributed by atoms with van der Waals surface area (Å²) in [4.78, 5) is 10.2. The number of hydrogen-bond donors (Lipinski definition) is 2. The summed E-state index contributed by atoms with van der Waals surface area (Å²) in [5.74, 6) is 0.597. The Morgan fingerprint density at radius 1 is 1.30 bits per heavy atom. The van der Waals surface area contributed by atoms with Crippen LogP contribution < -0.4 is 10.1 Å². The second-order valence-corrected chi connectivity index (χ2v) is 4.17. The molecule has 2 aromatic carbocycles. The molecule has 20 heavy (non-hydrogen) atoms. The Morgan fingerprint density at radius 2 is 2.10 bits per heavy atom. The van der Waals surface area contributed by atoms with Crippen molar-refractivity contribution in [1.29, 1.82) is 0 Å². The zero-order valence-electron chi connectivity index (χ0n) is 10.9. The Kier molecular flexibility index (Phi) is 4.05. The minimum absolute atomic E-state index is 0.0234. The fourth-order valence-electron chi connectivity index (χ4n) is 1.80. The zero-order valence-corrected chi connectivity index (χ0v) is 10.9. The molecule has 104 valence electrons. The maximum absolute atomic E-state index is 10.7. The highest BCUT2D eigenvalue weighted by molar-refractivity contribution is 5.60. The first-order chi connectivity index (χ1) is 9.60. The summed E-state index contributed by atoms with van der Waals surface area (Å²) in [6.45, 7) is 0.475. The first kappa shape index (κ1) is 13.7. The molecular weight excluding hydrogens is 260 g/mol. The molecule has 0 aliphatic rings. The van der Waals surface area contributed by atoms with Crippen molar-refractivity contribution >= 4 is 11.4 Å². The second kappa shape index (κ2) is 5.92. The number of rotatable bonds is 5. The number of methoxy groups -OCH3 is 1. The number of aromatic hydroxyl groups is 1. The molecule has 2 N–H and O–H groups in total. The quantitative estimate of drug-likeness (QED) is 0.646. The van der Waals surface area contributed by atoms with E-state index in [0.29, 0.717) is 18.0 Å². The topological polar surface area (TPSA) is 84.6 Å². The molecule has 0 saturated heterocycles. The average Bonchev–Trinajstić information content (AvgIpc) is 2.45. The summed E-state index contributed by atoms with van der Waals surface area (Å²) >= 11 is 0. The van der Waals surface area contributed by atoms with Crippen LogP contribution in [0.1, 0.15) is 5.56 Å². The van der Waals surface area contributed by atoms with Crippen molar-refractivity contribution in [3.05, 3.63) is 58.1 Å². The number of benzene rings is 2. The van der Waals surface area contributed by atoms with E-state index in [1.807, 2.05) is 6.07 Å². The number of anilines is 1. The predicted octanol–water partition coefficient (Wildman–Crippen LogP) is 2.92. The first-order valence-corrected chi connectivity index (χ1v) is 5.94. The van der Waals surface area contributed by atoms with Crippen LogP contribution in [-0.4, -0.2) is 17.1 Å². The molecule has 0 bridgehead atoms. The lowest BCUT2D eigenvalue weighted by Crippen LogP contribution is -2.02. The predicted molar refractivity (Wildman–Crippen MR) is 75.1 cm³/mol. The van der Waals surface area contributed by atoms with E-state index in [-0.39, 0.29) is 11.4 Å². The third-order valence-corrected chi connectivity index (χ3v) is 2.79. The lowest BCUT2D eigenvalue weighted by atomic mass is 10.2. The number of phenolic OH excluding ortho intramolecular Hbond substituents is 1. The molecule has 2 aromatic rings. The molecule has 0 aromatic heterocycles. The standard InChI is InChI=1S/C14H14N2O4/c1-20-14-8-11(16(18)19)5-6-13(14)15-9-10-3-2-4-12(17)7-10/h2-8,15,17H,9H2,1H3. The number of phenols is 1. The largest absolute Gasteiger partial charge is 0.508 e. The highest BCUT2D eigenvalue weighted by atomic mass is 16.6. The fourth-order valence-corrected chi connectivity index (χ4v) is 1.80. The third kappa shape index (κ3) is 3.17. The van der Waals surface area contributed by atoms with Gasteiger partial charge in [-0.05, 0) is 23.8 Å². The summed E-state index contributed by atoms with van der Waals surface area (Å²) in [5.41, 5.74) is 1.52. The second-order valence-electron chi connectivity index (χ2n) is 4.17. The van der Waals surface area contributed by atoms with Crippen molar-refractivity contribution in [2.75, 3.05) is 12.4 Å². The lowest BCUT2D eigenvalue weighted by Gasteiger charge is -2.11. The van der Waals surface area contributed by atoms with Crippen LogP contribution in [0.15, 0.2) is 42.5 Å². The zero-order chi connectivity index (χ0) is 14.5. The molecule has 0 spiro atoms. The van der Waals surface area contributed by atoms with Gasteiger partial charge >= 0.3 is 0 Å². The molecule has 0 radical (unpaired) electrons. The summed E-state index contributed by atoms with van der Waals surface area (Å²) in [5, 5.41) is 23.2. The van der Waals surface area contributed by atoms with Crippen molar-refractivity contribution in [2.24, 2.45) is 0 Å². The Hall–Kier alpha value is -2.76. The molecule has 0 aliphatic carbocycles. The van der Waals surface area contributed by atoms with E-state index in [2.05, 4.69) is 5.32 Å². The van der Waals surface area contributed by atoms with Crippen LogP contribution in [-0.2, 0) is 6.54 Å². The fraction of sp³-hybridized carbons (Fsp3) is 0.143. The van der Waals surface area contributed by atoms with Gasteiger partial charge in [0.15, 0.2) is 0 Å². The normalized spacial score (nSPS) is 10.1. The van der Waals surface area contributed by atoms with E-state index < -0.39 is 4.92 Å². The van der Waals surface area contributed by atoms with Crippen LogP contribution in [0.2, 0.25) is 0 Å². The number of nitrogens with one attached hydrogen (secondary N) is 1. The van der Waals surface area contributed by atoms with Crippen LogP contribution in [0.25, 0.3) is 0 Å². The minimum Gasteiger partial charge on any atom is -0.508 e. The molecule has 0 saturated carbocycles. The van der Waals surface area contributed by atoms with Gasteiger partial charge in [-0.25, -0.2) is 0 Å². The van der Waals surface area contributed by atoms with E-state index in [4.69, 9.17) is 4.74 Å². The highest BCUT2D eigenvalue weighted by Gasteiger charge is 2.11. The van der Waals surface area contributed by atoms with Gasteiger partial charge in [0.1, 0.15) is 11.5 Å². The van der Waals surface area contributed by atoms with Gasteiger partial charge < -0.3 is 15.2 Å². The molecule has 0 fully saturated rings. The first-order valence-electron chi connectivity index (χ1n) is 5.94. The van der Waals surface area contributed by atoms with Crippen LogP contribution in [0.3, 0.4) is 0 Å². The molecule has 6 heteroatoms. The molecular formula is C14H14N2O4. The number of non-ortho nitro benzene ring substituents is 1. The maximum Gasteiger partial charge on any atom is 0.273 e. The summed E-state index contributed by atoms with van der Waals surface area (Å²) in [6, 6.07) is 11.2. The number of nitro benzene ring substituents is 1. The van der Waals surface area contributed by atoms with E-state index in [9.17, 15) is 15.2 Å². The van der Waals surface area contributed by atoms with E-state index in [1.54, 1.807) is 24.3 Å². The van der Waals surface area contributed by atoms with Crippen molar-refractivity contribution < 1.29 is 14.8 Å². The van der Waals surface area contributed by atoms with Crippen LogP contribution in [0.5, 0.6) is 11.5 Å². The van der Waals surface area contributed by atoms with Gasteiger partial charge in [0.2, 0.25) is 0 Å². The van der Waals surface area contributed by atoms with Gasteiger partial charge in [-0.1, -0.05) is 12.1 Å². The third-order valence-electron chi connectivity index (χ3n) is 2.79. The van der Waals surface area contributed by atoms with Crippen molar-refractivity contribution in [2.45, 2.75) is 6.54 Å². The number of hydrogen-bond acceptors (Lipinski definition) is 5. The van der Waals surface area contributed by atoms with E-state index in [0.717, 1.165) is 5.56 Å². The van der Waals surface area contributed by atoms with E-state index >= 15 is 0 Å². The molecule has 0 unspecified atom stereocenters. The molecule has 0 amide bonds. The minimum atomic E-state index is -0.471.